The van der Waals surface area contributed by atoms with Crippen molar-refractivity contribution in [2.75, 3.05) is 26.4 Å². The lowest BCUT2D eigenvalue weighted by molar-refractivity contribution is 0.0655. The van der Waals surface area contributed by atoms with Crippen LogP contribution < -0.4 is 16.4 Å². The number of hydrogen-bond donors (Lipinski definition) is 3. The van der Waals surface area contributed by atoms with E-state index in [2.05, 4.69) is 38.1 Å². The monoisotopic (exact) mass is 571 g/mol. The average molecular weight is 572 g/mol. The zero-order chi connectivity index (χ0) is 26.5. The van der Waals surface area contributed by atoms with Gasteiger partial charge in [0, 0.05) is 40.9 Å². The fourth-order valence-electron chi connectivity index (χ4n) is 4.84. The predicted octanol–water partition coefficient (Wildman–Crippen LogP) is 5.96. The van der Waals surface area contributed by atoms with Crippen LogP contribution in [0.2, 0.25) is 0 Å². The van der Waals surface area contributed by atoms with Crippen molar-refractivity contribution in [2.24, 2.45) is 0 Å². The van der Waals surface area contributed by atoms with Gasteiger partial charge in [0.05, 0.1) is 24.0 Å². The number of halogens is 3. The summed E-state index contributed by atoms with van der Waals surface area (Å²) in [7, 11) is 3.54. The van der Waals surface area contributed by atoms with Crippen LogP contribution in [0.3, 0.4) is 0 Å². The van der Waals surface area contributed by atoms with Crippen LogP contribution >= 0.6 is 15.9 Å². The van der Waals surface area contributed by atoms with Crippen LogP contribution in [0.25, 0.3) is 17.0 Å². The zero-order valence-corrected chi connectivity index (χ0v) is 22.6. The van der Waals surface area contributed by atoms with Crippen LogP contribution in [-0.2, 0) is 4.74 Å². The van der Waals surface area contributed by atoms with E-state index in [1.165, 1.54) is 18.2 Å². The van der Waals surface area contributed by atoms with E-state index in [4.69, 9.17) is 15.5 Å². The van der Waals surface area contributed by atoms with Gasteiger partial charge in [0.2, 0.25) is 0 Å². The number of methoxy groups -OCH3 is 1. The molecule has 1 aliphatic carbocycles. The molecule has 1 heterocycles. The molecule has 1 unspecified atom stereocenters. The Balaban J connectivity index is 1.54. The highest BCUT2D eigenvalue weighted by Gasteiger charge is 2.24. The summed E-state index contributed by atoms with van der Waals surface area (Å²) in [5.74, 6) is -0.297. The lowest BCUT2D eigenvalue weighted by atomic mass is 9.85. The van der Waals surface area contributed by atoms with Crippen molar-refractivity contribution in [1.82, 2.24) is 20.6 Å². The third kappa shape index (κ3) is 6.52. The molecule has 0 radical (unpaired) electrons. The summed E-state index contributed by atoms with van der Waals surface area (Å²) >= 11 is 3.33. The van der Waals surface area contributed by atoms with Crippen LogP contribution in [0.15, 0.2) is 53.6 Å². The highest BCUT2D eigenvalue weighted by Crippen LogP contribution is 2.35. The van der Waals surface area contributed by atoms with Gasteiger partial charge in [-0.2, -0.15) is 0 Å². The van der Waals surface area contributed by atoms with Gasteiger partial charge in [-0.1, -0.05) is 28.6 Å². The Kier molecular flexibility index (Phi) is 8.89. The van der Waals surface area contributed by atoms with Crippen LogP contribution in [0.5, 0.6) is 0 Å². The number of hydrogen-bond acceptors (Lipinski definition) is 6. The highest BCUT2D eigenvalue weighted by atomic mass is 79.9. The number of nitrogens with two attached hydrogens (primary N) is 1. The third-order valence-corrected chi connectivity index (χ3v) is 7.31. The molecular weight excluding hydrogens is 540 g/mol. The number of nitrogens with zero attached hydrogens (tertiary/aromatic N) is 2. The van der Waals surface area contributed by atoms with Gasteiger partial charge in [-0.05, 0) is 68.6 Å². The number of nitrogen functional groups attached to an aromatic ring is 1. The number of anilines is 1. The Morgan fingerprint density at radius 3 is 2.59 bits per heavy atom. The number of aromatic nitrogens is 2. The molecule has 9 heteroatoms. The first-order valence-corrected chi connectivity index (χ1v) is 13.1. The van der Waals surface area contributed by atoms with Crippen LogP contribution in [0.4, 0.5) is 14.6 Å². The van der Waals surface area contributed by atoms with Gasteiger partial charge in [-0.3, -0.25) is 0 Å². The maximum absolute atomic E-state index is 15.3. The van der Waals surface area contributed by atoms with Gasteiger partial charge < -0.3 is 21.1 Å². The van der Waals surface area contributed by atoms with Gasteiger partial charge in [-0.15, -0.1) is 0 Å². The number of likely N-dealkylation sites (N-methyl/N-ethyl adjacent to an activating group) is 1. The molecule has 1 saturated carbocycles. The third-order valence-electron chi connectivity index (χ3n) is 6.86. The maximum Gasteiger partial charge on any atom is 0.150 e. The Morgan fingerprint density at radius 1 is 1.19 bits per heavy atom. The lowest BCUT2D eigenvalue weighted by Crippen LogP contribution is -2.29. The molecule has 3 aromatic rings. The minimum Gasteiger partial charge on any atom is -0.382 e. The largest absolute Gasteiger partial charge is 0.382 e. The van der Waals surface area contributed by atoms with E-state index in [1.54, 1.807) is 32.5 Å². The first-order chi connectivity index (χ1) is 17.8. The minimum absolute atomic E-state index is 0.254. The normalized spacial score (nSPS) is 18.4. The fraction of sp³-hybridized carbons (Fsp3) is 0.357. The van der Waals surface area contributed by atoms with Crippen molar-refractivity contribution in [3.05, 3.63) is 82.1 Å². The van der Waals surface area contributed by atoms with E-state index in [-0.39, 0.29) is 29.7 Å². The van der Waals surface area contributed by atoms with Crippen molar-refractivity contribution in [1.29, 1.82) is 0 Å². The minimum atomic E-state index is -0.467. The number of rotatable bonds is 9. The molecule has 4 N–H and O–H groups in total. The molecule has 4 rings (SSSR count). The Bertz CT molecular complexity index is 1240. The Morgan fingerprint density at radius 2 is 1.95 bits per heavy atom. The first-order valence-electron chi connectivity index (χ1n) is 12.3. The summed E-state index contributed by atoms with van der Waals surface area (Å²) in [6.07, 6.45) is 5.89. The van der Waals surface area contributed by atoms with E-state index in [0.717, 1.165) is 31.4 Å². The zero-order valence-electron chi connectivity index (χ0n) is 21.0. The van der Waals surface area contributed by atoms with Gasteiger partial charge in [0.25, 0.3) is 0 Å². The van der Waals surface area contributed by atoms with Gasteiger partial charge in [0.1, 0.15) is 23.1 Å². The molecule has 0 saturated heterocycles. The van der Waals surface area contributed by atoms with Crippen LogP contribution in [-0.4, -0.2) is 36.8 Å². The SMILES string of the molecule is C=C(NC(CNC)c1cc(F)cc(Br)c1)c1ccc(-c2nc([C@H]3CC[C@H](OC)CC3)cnc2N)cc1F. The molecule has 2 aromatic carbocycles. The number of nitrogens with one attached hydrogen (secondary N) is 2. The molecule has 0 bridgehead atoms. The smallest absolute Gasteiger partial charge is 0.150 e. The van der Waals surface area contributed by atoms with Crippen molar-refractivity contribution in [3.63, 3.8) is 0 Å². The molecule has 1 aromatic heterocycles. The topological polar surface area (TPSA) is 85.1 Å². The van der Waals surface area contributed by atoms with E-state index in [9.17, 15) is 4.39 Å². The van der Waals surface area contributed by atoms with Crippen molar-refractivity contribution < 1.29 is 13.5 Å². The van der Waals surface area contributed by atoms with Crippen molar-refractivity contribution in [2.45, 2.75) is 43.7 Å². The molecule has 1 fully saturated rings. The van der Waals surface area contributed by atoms with Crippen LogP contribution in [0, 0.1) is 11.6 Å². The standard InChI is InChI=1S/C28H32BrF2N5O/c1-16(35-25(14-33-2)19-10-20(29)13-21(30)11-19)23-9-6-18(12-24(23)31)27-28(32)34-15-26(36-27)17-4-7-22(37-3)8-5-17/h6,9-13,15,17,22,25,33,35H,1,4-5,7-8,14H2,2-3H3,(H2,32,34)/t17-,22-,25?. The van der Waals surface area contributed by atoms with Gasteiger partial charge in [-0.25, -0.2) is 18.7 Å². The molecule has 1 aliphatic rings. The second-order valence-electron chi connectivity index (χ2n) is 9.37. The maximum atomic E-state index is 15.3. The molecule has 0 amide bonds. The molecular formula is C28H32BrF2N5O. The molecule has 0 aliphatic heterocycles. The molecule has 0 spiro atoms. The average Bonchev–Trinajstić information content (AvgIpc) is 2.88. The van der Waals surface area contributed by atoms with E-state index in [1.807, 2.05) is 6.07 Å². The molecule has 196 valence electrons. The summed E-state index contributed by atoms with van der Waals surface area (Å²) in [5.41, 5.74) is 9.42. The number of benzene rings is 2. The molecule has 6 nitrogen and oxygen atoms in total. The van der Waals surface area contributed by atoms with E-state index in [0.29, 0.717) is 39.1 Å². The van der Waals surface area contributed by atoms with E-state index >= 15 is 4.39 Å². The summed E-state index contributed by atoms with van der Waals surface area (Å²) in [4.78, 5) is 9.14. The van der Waals surface area contributed by atoms with E-state index < -0.39 is 5.82 Å². The van der Waals surface area contributed by atoms with Crippen molar-refractivity contribution in [3.8, 4) is 11.3 Å². The summed E-state index contributed by atoms with van der Waals surface area (Å²) in [5, 5.41) is 6.31. The van der Waals surface area contributed by atoms with Gasteiger partial charge in [0.15, 0.2) is 0 Å². The van der Waals surface area contributed by atoms with Crippen molar-refractivity contribution >= 4 is 27.4 Å². The first kappa shape index (κ1) is 27.2. The quantitative estimate of drug-likeness (QED) is 0.294. The highest BCUT2D eigenvalue weighted by molar-refractivity contribution is 9.10. The summed E-state index contributed by atoms with van der Waals surface area (Å²) in [6.45, 7) is 4.53. The summed E-state index contributed by atoms with van der Waals surface area (Å²) < 4.78 is 35.4. The fourth-order valence-corrected chi connectivity index (χ4v) is 5.33. The molecule has 1 atom stereocenters. The second kappa shape index (κ2) is 12.1. The Hall–Kier alpha value is -2.88. The number of ether oxygens (including phenoxy) is 1. The van der Waals surface area contributed by atoms with Gasteiger partial charge >= 0.3 is 0 Å². The van der Waals surface area contributed by atoms with Crippen LogP contribution in [0.1, 0.15) is 54.5 Å². The Labute approximate surface area is 224 Å². The predicted molar refractivity (Wildman–Crippen MR) is 147 cm³/mol. The second-order valence-corrected chi connectivity index (χ2v) is 10.3. The summed E-state index contributed by atoms with van der Waals surface area (Å²) in [6, 6.07) is 9.15. The molecule has 37 heavy (non-hydrogen) atoms. The lowest BCUT2D eigenvalue weighted by Gasteiger charge is -2.27.